The fraction of sp³-hybridized carbons (Fsp3) is 0.0714. The highest BCUT2D eigenvalue weighted by molar-refractivity contribution is 9.10. The molecule has 3 rings (SSSR count). The third kappa shape index (κ3) is 2.75. The van der Waals surface area contributed by atoms with Crippen LogP contribution in [0.2, 0.25) is 0 Å². The fourth-order valence-electron chi connectivity index (χ4n) is 1.83. The number of hydrogen-bond donors (Lipinski definition) is 0. The molecule has 0 aliphatic carbocycles. The zero-order chi connectivity index (χ0) is 13.9. The second-order valence-electron chi connectivity index (χ2n) is 4.25. The minimum atomic E-state index is -0.315. The van der Waals surface area contributed by atoms with Crippen molar-refractivity contribution in [1.82, 2.24) is 20.2 Å². The molecule has 0 aliphatic heterocycles. The van der Waals surface area contributed by atoms with Crippen molar-refractivity contribution >= 4 is 15.9 Å². The fourth-order valence-corrected chi connectivity index (χ4v) is 2.24. The van der Waals surface area contributed by atoms with Gasteiger partial charge in [0.2, 0.25) is 5.82 Å². The van der Waals surface area contributed by atoms with Crippen molar-refractivity contribution < 1.29 is 4.39 Å². The molecule has 4 nitrogen and oxygen atoms in total. The highest BCUT2D eigenvalue weighted by atomic mass is 79.9. The van der Waals surface area contributed by atoms with Crippen LogP contribution in [0.5, 0.6) is 0 Å². The van der Waals surface area contributed by atoms with E-state index in [1.165, 1.54) is 16.9 Å². The molecule has 20 heavy (non-hydrogen) atoms. The number of halogens is 2. The maximum Gasteiger partial charge on any atom is 0.205 e. The van der Waals surface area contributed by atoms with Gasteiger partial charge in [0.15, 0.2) is 0 Å². The van der Waals surface area contributed by atoms with Gasteiger partial charge in [0.1, 0.15) is 5.82 Å². The Balaban J connectivity index is 1.86. The summed E-state index contributed by atoms with van der Waals surface area (Å²) in [6, 6.07) is 14.0. The standard InChI is InChI=1S/C14H10BrFN4/c15-13-7-2-1-4-11(13)9-20-18-14(17-19-20)10-5-3-6-12(16)8-10/h1-8H,9H2. The second kappa shape index (κ2) is 5.50. The van der Waals surface area contributed by atoms with Gasteiger partial charge in [-0.25, -0.2) is 4.39 Å². The van der Waals surface area contributed by atoms with E-state index in [1.54, 1.807) is 12.1 Å². The molecule has 0 unspecified atom stereocenters. The molecular formula is C14H10BrFN4. The summed E-state index contributed by atoms with van der Waals surface area (Å²) < 4.78 is 14.2. The molecule has 1 aromatic heterocycles. The van der Waals surface area contributed by atoms with Crippen LogP contribution in [0.15, 0.2) is 53.0 Å². The number of hydrogen-bond acceptors (Lipinski definition) is 3. The molecule has 0 saturated carbocycles. The predicted octanol–water partition coefficient (Wildman–Crippen LogP) is 3.29. The molecule has 0 radical (unpaired) electrons. The molecule has 3 aromatic rings. The Morgan fingerprint density at radius 2 is 1.95 bits per heavy atom. The highest BCUT2D eigenvalue weighted by Gasteiger charge is 2.08. The van der Waals surface area contributed by atoms with Crippen molar-refractivity contribution in [2.45, 2.75) is 6.54 Å². The lowest BCUT2D eigenvalue weighted by Gasteiger charge is -2.01. The minimum absolute atomic E-state index is 0.315. The predicted molar refractivity (Wildman–Crippen MR) is 76.5 cm³/mol. The Labute approximate surface area is 123 Å². The third-order valence-corrected chi connectivity index (χ3v) is 3.58. The Bertz CT molecular complexity index is 741. The lowest BCUT2D eigenvalue weighted by atomic mass is 10.2. The average molecular weight is 333 g/mol. The molecule has 100 valence electrons. The van der Waals surface area contributed by atoms with Crippen LogP contribution >= 0.6 is 15.9 Å². The molecule has 0 amide bonds. The largest absolute Gasteiger partial charge is 0.207 e. The van der Waals surface area contributed by atoms with Crippen molar-refractivity contribution in [2.24, 2.45) is 0 Å². The van der Waals surface area contributed by atoms with Gasteiger partial charge in [0.25, 0.3) is 0 Å². The van der Waals surface area contributed by atoms with Crippen molar-refractivity contribution in [3.8, 4) is 11.4 Å². The molecular weight excluding hydrogens is 323 g/mol. The van der Waals surface area contributed by atoms with Crippen LogP contribution in [0, 0.1) is 5.82 Å². The van der Waals surface area contributed by atoms with Gasteiger partial charge >= 0.3 is 0 Å². The van der Waals surface area contributed by atoms with E-state index in [-0.39, 0.29) is 5.82 Å². The Hall–Kier alpha value is -2.08. The summed E-state index contributed by atoms with van der Waals surface area (Å²) in [4.78, 5) is 1.49. The summed E-state index contributed by atoms with van der Waals surface area (Å²) in [5, 5.41) is 12.2. The van der Waals surface area contributed by atoms with Crippen molar-refractivity contribution in [2.75, 3.05) is 0 Å². The maximum atomic E-state index is 13.2. The zero-order valence-corrected chi connectivity index (χ0v) is 12.0. The Morgan fingerprint density at radius 1 is 1.10 bits per heavy atom. The molecule has 0 fully saturated rings. The molecule has 2 aromatic carbocycles. The van der Waals surface area contributed by atoms with E-state index >= 15 is 0 Å². The van der Waals surface area contributed by atoms with Crippen molar-refractivity contribution in [1.29, 1.82) is 0 Å². The summed E-state index contributed by atoms with van der Waals surface area (Å²) in [5.74, 6) is 0.0983. The summed E-state index contributed by atoms with van der Waals surface area (Å²) in [6.45, 7) is 0.504. The van der Waals surface area contributed by atoms with Crippen LogP contribution in [0.4, 0.5) is 4.39 Å². The van der Waals surface area contributed by atoms with E-state index in [9.17, 15) is 4.39 Å². The zero-order valence-electron chi connectivity index (χ0n) is 10.4. The molecule has 0 saturated heterocycles. The van der Waals surface area contributed by atoms with Gasteiger partial charge in [-0.1, -0.05) is 46.3 Å². The lowest BCUT2D eigenvalue weighted by molar-refractivity contribution is 0.571. The van der Waals surface area contributed by atoms with Gasteiger partial charge in [0.05, 0.1) is 6.54 Å². The van der Waals surface area contributed by atoms with Crippen LogP contribution in [-0.4, -0.2) is 20.2 Å². The average Bonchev–Trinajstić information content (AvgIpc) is 2.90. The van der Waals surface area contributed by atoms with E-state index in [0.717, 1.165) is 10.0 Å². The lowest BCUT2D eigenvalue weighted by Crippen LogP contribution is -2.04. The quantitative estimate of drug-likeness (QED) is 0.739. The summed E-state index contributed by atoms with van der Waals surface area (Å²) >= 11 is 3.48. The summed E-state index contributed by atoms with van der Waals surface area (Å²) in [6.07, 6.45) is 0. The van der Waals surface area contributed by atoms with Crippen LogP contribution in [0.25, 0.3) is 11.4 Å². The molecule has 0 atom stereocenters. The van der Waals surface area contributed by atoms with E-state index in [2.05, 4.69) is 31.3 Å². The van der Waals surface area contributed by atoms with Crippen LogP contribution < -0.4 is 0 Å². The first-order chi connectivity index (χ1) is 9.72. The third-order valence-electron chi connectivity index (χ3n) is 2.81. The highest BCUT2D eigenvalue weighted by Crippen LogP contribution is 2.18. The van der Waals surface area contributed by atoms with Gasteiger partial charge in [-0.15, -0.1) is 10.2 Å². The summed E-state index contributed by atoms with van der Waals surface area (Å²) in [7, 11) is 0. The van der Waals surface area contributed by atoms with Crippen molar-refractivity contribution in [3.05, 3.63) is 64.4 Å². The molecule has 6 heteroatoms. The van der Waals surface area contributed by atoms with Gasteiger partial charge in [0, 0.05) is 10.0 Å². The SMILES string of the molecule is Fc1cccc(-c2nnn(Cc3ccccc3Br)n2)c1. The van der Waals surface area contributed by atoms with Gasteiger partial charge in [-0.3, -0.25) is 0 Å². The van der Waals surface area contributed by atoms with Gasteiger partial charge < -0.3 is 0 Å². The minimum Gasteiger partial charge on any atom is -0.207 e. The van der Waals surface area contributed by atoms with Crippen LogP contribution in [0.1, 0.15) is 5.56 Å². The number of tetrazole rings is 1. The molecule has 0 aliphatic rings. The molecule has 0 N–H and O–H groups in total. The van der Waals surface area contributed by atoms with Crippen molar-refractivity contribution in [3.63, 3.8) is 0 Å². The smallest absolute Gasteiger partial charge is 0.205 e. The van der Waals surface area contributed by atoms with Crippen LogP contribution in [0.3, 0.4) is 0 Å². The Kier molecular flexibility index (Phi) is 3.56. The van der Waals surface area contributed by atoms with E-state index < -0.39 is 0 Å². The topological polar surface area (TPSA) is 43.6 Å². The first-order valence-corrected chi connectivity index (χ1v) is 6.79. The normalized spacial score (nSPS) is 10.7. The van der Waals surface area contributed by atoms with E-state index in [0.29, 0.717) is 17.9 Å². The Morgan fingerprint density at radius 3 is 2.75 bits per heavy atom. The number of benzene rings is 2. The number of nitrogens with zero attached hydrogens (tertiary/aromatic N) is 4. The molecule has 0 spiro atoms. The monoisotopic (exact) mass is 332 g/mol. The number of rotatable bonds is 3. The second-order valence-corrected chi connectivity index (χ2v) is 5.10. The number of aromatic nitrogens is 4. The first kappa shape index (κ1) is 12.9. The maximum absolute atomic E-state index is 13.2. The van der Waals surface area contributed by atoms with Gasteiger partial charge in [-0.2, -0.15) is 4.80 Å². The summed E-state index contributed by atoms with van der Waals surface area (Å²) in [5.41, 5.74) is 1.67. The molecule has 1 heterocycles. The molecule has 0 bridgehead atoms. The first-order valence-electron chi connectivity index (χ1n) is 5.99. The van der Waals surface area contributed by atoms with Gasteiger partial charge in [-0.05, 0) is 29.0 Å². The van der Waals surface area contributed by atoms with Crippen LogP contribution in [-0.2, 0) is 6.54 Å². The van der Waals surface area contributed by atoms with E-state index in [1.807, 2.05) is 24.3 Å². The van der Waals surface area contributed by atoms with E-state index in [4.69, 9.17) is 0 Å².